The number of hydrogen-bond acceptors (Lipinski definition) is 5. The van der Waals surface area contributed by atoms with Gasteiger partial charge in [-0.15, -0.1) is 11.3 Å². The van der Waals surface area contributed by atoms with Gasteiger partial charge in [-0.1, -0.05) is 60.7 Å². The minimum absolute atomic E-state index is 0.456. The Morgan fingerprint density at radius 1 is 1.08 bits per heavy atom. The standard InChI is InChI=1S/C30H28N4O2S/c1-20-17-22(21(2)34(20)28-26(18-31)25-15-9-10-16-27(25)37-28)19-32-33-29(35)30(36,23-11-5-3-6-12-23)24-13-7-4-8-14-24/h3-8,11-14,17,19,36H,9-10,15-16H2,1-2H3,(H,33,35). The Bertz CT molecular complexity index is 1470. The number of carbonyl (C=O) groups is 1. The Kier molecular flexibility index (Phi) is 6.79. The van der Waals surface area contributed by atoms with Crippen LogP contribution >= 0.6 is 11.3 Å². The van der Waals surface area contributed by atoms with Crippen molar-refractivity contribution in [3.63, 3.8) is 0 Å². The highest BCUT2D eigenvalue weighted by molar-refractivity contribution is 7.15. The Hall–Kier alpha value is -3.99. The fourth-order valence-corrected chi connectivity index (χ4v) is 6.53. The Morgan fingerprint density at radius 2 is 1.70 bits per heavy atom. The number of amides is 1. The van der Waals surface area contributed by atoms with Crippen molar-refractivity contribution in [3.8, 4) is 11.1 Å². The predicted octanol–water partition coefficient (Wildman–Crippen LogP) is 5.29. The number of nitrogens with zero attached hydrogens (tertiary/aromatic N) is 3. The zero-order chi connectivity index (χ0) is 26.0. The summed E-state index contributed by atoms with van der Waals surface area (Å²) in [4.78, 5) is 14.6. The molecule has 0 fully saturated rings. The molecule has 0 saturated heterocycles. The van der Waals surface area contributed by atoms with E-state index in [1.54, 1.807) is 66.1 Å². The summed E-state index contributed by atoms with van der Waals surface area (Å²) in [6.07, 6.45) is 5.86. The van der Waals surface area contributed by atoms with Crippen LogP contribution in [0.25, 0.3) is 5.00 Å². The van der Waals surface area contributed by atoms with Crippen LogP contribution in [0.15, 0.2) is 71.8 Å². The molecule has 0 radical (unpaired) electrons. The lowest BCUT2D eigenvalue weighted by Gasteiger charge is -2.27. The highest BCUT2D eigenvalue weighted by atomic mass is 32.1. The highest BCUT2D eigenvalue weighted by Crippen LogP contribution is 2.38. The van der Waals surface area contributed by atoms with Gasteiger partial charge >= 0.3 is 0 Å². The van der Waals surface area contributed by atoms with Crippen molar-refractivity contribution in [1.82, 2.24) is 9.99 Å². The van der Waals surface area contributed by atoms with Crippen LogP contribution in [0.3, 0.4) is 0 Å². The zero-order valence-corrected chi connectivity index (χ0v) is 21.7. The number of carbonyl (C=O) groups excluding carboxylic acids is 1. The maximum absolute atomic E-state index is 13.3. The molecule has 2 N–H and O–H groups in total. The van der Waals surface area contributed by atoms with E-state index in [9.17, 15) is 15.2 Å². The van der Waals surface area contributed by atoms with Crippen molar-refractivity contribution in [2.24, 2.45) is 5.10 Å². The van der Waals surface area contributed by atoms with E-state index in [-0.39, 0.29) is 0 Å². The van der Waals surface area contributed by atoms with Crippen molar-refractivity contribution < 1.29 is 9.90 Å². The van der Waals surface area contributed by atoms with E-state index in [2.05, 4.69) is 21.2 Å². The third-order valence-electron chi connectivity index (χ3n) is 7.02. The van der Waals surface area contributed by atoms with Crippen LogP contribution in [-0.2, 0) is 23.2 Å². The predicted molar refractivity (Wildman–Crippen MR) is 146 cm³/mol. The van der Waals surface area contributed by atoms with Crippen molar-refractivity contribution in [1.29, 1.82) is 5.26 Å². The summed E-state index contributed by atoms with van der Waals surface area (Å²) in [6.45, 7) is 3.99. The van der Waals surface area contributed by atoms with E-state index in [1.807, 2.05) is 32.0 Å². The molecule has 0 unspecified atom stereocenters. The SMILES string of the molecule is Cc1cc(C=NNC(=O)C(O)(c2ccccc2)c2ccccc2)c(C)n1-c1sc2c(c1C#N)CCCC2. The van der Waals surface area contributed by atoms with Crippen LogP contribution in [0.2, 0.25) is 0 Å². The van der Waals surface area contributed by atoms with E-state index >= 15 is 0 Å². The van der Waals surface area contributed by atoms with Gasteiger partial charge in [-0.25, -0.2) is 5.43 Å². The number of aliphatic hydroxyl groups is 1. The zero-order valence-electron chi connectivity index (χ0n) is 20.9. The lowest BCUT2D eigenvalue weighted by atomic mass is 9.85. The summed E-state index contributed by atoms with van der Waals surface area (Å²) in [6, 6.07) is 22.1. The molecule has 4 aromatic rings. The molecule has 0 atom stereocenters. The molecule has 37 heavy (non-hydrogen) atoms. The number of hydrazone groups is 1. The third kappa shape index (κ3) is 4.39. The summed E-state index contributed by atoms with van der Waals surface area (Å²) >= 11 is 1.70. The second-order valence-corrected chi connectivity index (χ2v) is 10.4. The van der Waals surface area contributed by atoms with Gasteiger partial charge in [-0.2, -0.15) is 10.4 Å². The third-order valence-corrected chi connectivity index (χ3v) is 8.30. The first-order valence-corrected chi connectivity index (χ1v) is 13.2. The number of aryl methyl sites for hydroxylation is 2. The molecule has 7 heteroatoms. The smallest absolute Gasteiger partial charge is 0.281 e. The topological polar surface area (TPSA) is 90.4 Å². The molecule has 1 amide bonds. The van der Waals surface area contributed by atoms with Gasteiger partial charge in [0.25, 0.3) is 5.91 Å². The highest BCUT2D eigenvalue weighted by Gasteiger charge is 2.39. The monoisotopic (exact) mass is 508 g/mol. The first-order chi connectivity index (χ1) is 17.9. The molecular weight excluding hydrogens is 480 g/mol. The first kappa shape index (κ1) is 24.7. The molecule has 5 rings (SSSR count). The molecule has 6 nitrogen and oxygen atoms in total. The fraction of sp³-hybridized carbons (Fsp3) is 0.233. The second-order valence-electron chi connectivity index (χ2n) is 9.31. The van der Waals surface area contributed by atoms with Crippen LogP contribution in [0.5, 0.6) is 0 Å². The molecule has 186 valence electrons. The Balaban J connectivity index is 1.44. The molecule has 0 spiro atoms. The maximum atomic E-state index is 13.3. The summed E-state index contributed by atoms with van der Waals surface area (Å²) in [5.74, 6) is -0.646. The molecule has 1 aliphatic rings. The largest absolute Gasteiger partial charge is 0.372 e. The first-order valence-electron chi connectivity index (χ1n) is 12.4. The Morgan fingerprint density at radius 3 is 2.32 bits per heavy atom. The number of aromatic nitrogens is 1. The molecule has 2 aromatic heterocycles. The summed E-state index contributed by atoms with van der Waals surface area (Å²) in [5, 5.41) is 26.7. The Labute approximate surface area is 220 Å². The molecule has 0 saturated carbocycles. The fourth-order valence-electron chi connectivity index (χ4n) is 5.08. The minimum Gasteiger partial charge on any atom is -0.372 e. The van der Waals surface area contributed by atoms with Gasteiger partial charge in [0.2, 0.25) is 0 Å². The summed E-state index contributed by atoms with van der Waals surface area (Å²) in [5.41, 5.74) is 6.30. The number of benzene rings is 2. The van der Waals surface area contributed by atoms with Crippen molar-refractivity contribution >= 4 is 23.5 Å². The quantitative estimate of drug-likeness (QED) is 0.274. The molecule has 2 aromatic carbocycles. The number of nitriles is 1. The van der Waals surface area contributed by atoms with Gasteiger partial charge in [0.05, 0.1) is 11.8 Å². The molecule has 2 heterocycles. The summed E-state index contributed by atoms with van der Waals surface area (Å²) in [7, 11) is 0. The van der Waals surface area contributed by atoms with Crippen LogP contribution < -0.4 is 5.43 Å². The average Bonchev–Trinajstić information content (AvgIpc) is 3.44. The maximum Gasteiger partial charge on any atom is 0.281 e. The second kappa shape index (κ2) is 10.2. The van der Waals surface area contributed by atoms with Gasteiger partial charge in [-0.05, 0) is 62.3 Å². The van der Waals surface area contributed by atoms with Gasteiger partial charge in [-0.3, -0.25) is 4.79 Å². The van der Waals surface area contributed by atoms with Crippen LogP contribution in [0, 0.1) is 25.2 Å². The molecule has 0 aliphatic heterocycles. The van der Waals surface area contributed by atoms with Gasteiger partial charge in [0, 0.05) is 21.8 Å². The molecule has 0 bridgehead atoms. The van der Waals surface area contributed by atoms with Gasteiger partial charge in [0.1, 0.15) is 11.1 Å². The van der Waals surface area contributed by atoms with Crippen molar-refractivity contribution in [2.45, 2.75) is 45.1 Å². The summed E-state index contributed by atoms with van der Waals surface area (Å²) < 4.78 is 2.11. The van der Waals surface area contributed by atoms with Crippen molar-refractivity contribution in [2.75, 3.05) is 0 Å². The molecular formula is C30H28N4O2S. The van der Waals surface area contributed by atoms with E-state index in [1.165, 1.54) is 10.4 Å². The normalized spacial score (nSPS) is 13.4. The van der Waals surface area contributed by atoms with Crippen molar-refractivity contribution in [3.05, 3.63) is 111 Å². The number of rotatable bonds is 6. The van der Waals surface area contributed by atoms with E-state index < -0.39 is 11.5 Å². The van der Waals surface area contributed by atoms with Gasteiger partial charge in [0.15, 0.2) is 5.60 Å². The number of hydrogen-bond donors (Lipinski definition) is 2. The van der Waals surface area contributed by atoms with E-state index in [0.29, 0.717) is 11.1 Å². The number of nitrogens with one attached hydrogen (secondary N) is 1. The lowest BCUT2D eigenvalue weighted by molar-refractivity contribution is -0.136. The lowest BCUT2D eigenvalue weighted by Crippen LogP contribution is -2.43. The average molecular weight is 509 g/mol. The number of thiophene rings is 1. The van der Waals surface area contributed by atoms with E-state index in [4.69, 9.17) is 0 Å². The van der Waals surface area contributed by atoms with Crippen LogP contribution in [-0.4, -0.2) is 21.8 Å². The van der Waals surface area contributed by atoms with E-state index in [0.717, 1.165) is 53.2 Å². The van der Waals surface area contributed by atoms with Gasteiger partial charge < -0.3 is 9.67 Å². The number of fused-ring (bicyclic) bond motifs is 1. The van der Waals surface area contributed by atoms with Crippen LogP contribution in [0.4, 0.5) is 0 Å². The van der Waals surface area contributed by atoms with Crippen LogP contribution in [0.1, 0.15) is 56.9 Å². The molecule has 1 aliphatic carbocycles. The minimum atomic E-state index is -1.89.